The van der Waals surface area contributed by atoms with Crippen molar-refractivity contribution in [2.45, 2.75) is 33.6 Å². The number of rotatable bonds is 9. The highest BCUT2D eigenvalue weighted by Crippen LogP contribution is 2.20. The van der Waals surface area contributed by atoms with E-state index in [0.29, 0.717) is 36.7 Å². The molecule has 0 aliphatic carbocycles. The van der Waals surface area contributed by atoms with Gasteiger partial charge in [0.15, 0.2) is 0 Å². The minimum absolute atomic E-state index is 0.276. The second-order valence-corrected chi connectivity index (χ2v) is 7.24. The summed E-state index contributed by atoms with van der Waals surface area (Å²) in [5.74, 6) is -0.123. The summed E-state index contributed by atoms with van der Waals surface area (Å²) in [6, 6.07) is 16.1. The first-order valence-corrected chi connectivity index (χ1v) is 10.1. The molecule has 0 spiro atoms. The lowest BCUT2D eigenvalue weighted by Crippen LogP contribution is -2.23. The Hall–Kier alpha value is -3.91. The van der Waals surface area contributed by atoms with Crippen molar-refractivity contribution in [1.82, 2.24) is 5.32 Å². The molecule has 3 amide bonds. The van der Waals surface area contributed by atoms with E-state index in [4.69, 9.17) is 9.15 Å². The van der Waals surface area contributed by atoms with Gasteiger partial charge in [0.1, 0.15) is 12.4 Å². The largest absolute Gasteiger partial charge is 0.467 e. The quantitative estimate of drug-likeness (QED) is 0.473. The summed E-state index contributed by atoms with van der Waals surface area (Å²) < 4.78 is 10.9. The molecule has 0 unspecified atom stereocenters. The lowest BCUT2D eigenvalue weighted by molar-refractivity contribution is -0.115. The van der Waals surface area contributed by atoms with Crippen LogP contribution in [0, 0.1) is 0 Å². The zero-order chi connectivity index (χ0) is 22.9. The number of benzene rings is 2. The molecule has 0 fully saturated rings. The maximum absolute atomic E-state index is 12.7. The van der Waals surface area contributed by atoms with Gasteiger partial charge in [-0.1, -0.05) is 24.3 Å². The molecule has 0 aliphatic heterocycles. The van der Waals surface area contributed by atoms with Gasteiger partial charge in [-0.25, -0.2) is 0 Å². The third-order valence-electron chi connectivity index (χ3n) is 4.37. The molecule has 8 nitrogen and oxygen atoms in total. The summed E-state index contributed by atoms with van der Waals surface area (Å²) in [5.41, 5.74) is 3.05. The molecule has 0 saturated heterocycles. The molecule has 1 heterocycles. The fourth-order valence-corrected chi connectivity index (χ4v) is 3.09. The van der Waals surface area contributed by atoms with Gasteiger partial charge in [-0.2, -0.15) is 0 Å². The van der Waals surface area contributed by atoms with Crippen molar-refractivity contribution in [2.75, 3.05) is 10.6 Å². The van der Waals surface area contributed by atoms with Crippen LogP contribution in [-0.4, -0.2) is 17.7 Å². The number of nitrogens with one attached hydrogen (secondary N) is 3. The first-order chi connectivity index (χ1) is 15.4. The number of furan rings is 1. The molecule has 3 rings (SSSR count). The predicted molar refractivity (Wildman–Crippen MR) is 120 cm³/mol. The Balaban J connectivity index is 1.61. The van der Waals surface area contributed by atoms with E-state index in [0.717, 1.165) is 16.9 Å². The molecular formula is C24H25N3O5. The van der Waals surface area contributed by atoms with E-state index in [9.17, 15) is 14.4 Å². The van der Waals surface area contributed by atoms with Gasteiger partial charge < -0.3 is 25.1 Å². The SMILES string of the molecule is CC(=O)Nc1cc(NC(C)=O)cc(C(=O)NCc2cccc(COCc3ccco3)c2)c1. The lowest BCUT2D eigenvalue weighted by atomic mass is 10.1. The van der Waals surface area contributed by atoms with Crippen LogP contribution in [0.1, 0.15) is 41.1 Å². The maximum Gasteiger partial charge on any atom is 0.251 e. The summed E-state index contributed by atoms with van der Waals surface area (Å²) in [6.45, 7) is 3.85. The van der Waals surface area contributed by atoms with Crippen LogP contribution in [0.5, 0.6) is 0 Å². The van der Waals surface area contributed by atoms with Gasteiger partial charge in [0, 0.05) is 37.3 Å². The van der Waals surface area contributed by atoms with Gasteiger partial charge in [-0.15, -0.1) is 0 Å². The molecule has 32 heavy (non-hydrogen) atoms. The van der Waals surface area contributed by atoms with Crippen molar-refractivity contribution in [3.63, 3.8) is 0 Å². The molecule has 3 N–H and O–H groups in total. The van der Waals surface area contributed by atoms with E-state index in [1.807, 2.05) is 36.4 Å². The Morgan fingerprint density at radius 1 is 0.844 bits per heavy atom. The van der Waals surface area contributed by atoms with Crippen LogP contribution in [-0.2, 0) is 34.1 Å². The van der Waals surface area contributed by atoms with Crippen LogP contribution in [0.3, 0.4) is 0 Å². The van der Waals surface area contributed by atoms with Gasteiger partial charge >= 0.3 is 0 Å². The molecule has 0 radical (unpaired) electrons. The first-order valence-electron chi connectivity index (χ1n) is 10.1. The molecular weight excluding hydrogens is 410 g/mol. The number of amides is 3. The van der Waals surface area contributed by atoms with E-state index in [1.54, 1.807) is 24.5 Å². The van der Waals surface area contributed by atoms with Gasteiger partial charge in [0.2, 0.25) is 11.8 Å². The standard InChI is InChI=1S/C24H25N3O5/c1-16(28)26-21-10-20(11-22(12-21)27-17(2)29)24(30)25-13-18-5-3-6-19(9-18)14-31-15-23-7-4-8-32-23/h3-12H,13-15H2,1-2H3,(H,25,30)(H,26,28)(H,27,29). The minimum Gasteiger partial charge on any atom is -0.467 e. The average Bonchev–Trinajstić information content (AvgIpc) is 3.25. The Labute approximate surface area is 186 Å². The van der Waals surface area contributed by atoms with Gasteiger partial charge in [-0.05, 0) is 41.5 Å². The summed E-state index contributed by atoms with van der Waals surface area (Å²) in [5, 5.41) is 8.13. The van der Waals surface area contributed by atoms with Gasteiger partial charge in [0.05, 0.1) is 12.9 Å². The molecule has 166 valence electrons. The summed E-state index contributed by atoms with van der Waals surface area (Å²) in [4.78, 5) is 35.5. The Morgan fingerprint density at radius 3 is 2.16 bits per heavy atom. The van der Waals surface area contributed by atoms with Crippen LogP contribution in [0.2, 0.25) is 0 Å². The number of carbonyl (C=O) groups is 3. The van der Waals surface area contributed by atoms with Crippen molar-refractivity contribution in [1.29, 1.82) is 0 Å². The van der Waals surface area contributed by atoms with E-state index in [-0.39, 0.29) is 17.7 Å². The summed E-state index contributed by atoms with van der Waals surface area (Å²) >= 11 is 0. The highest BCUT2D eigenvalue weighted by molar-refractivity contribution is 5.99. The molecule has 0 bridgehead atoms. The van der Waals surface area contributed by atoms with E-state index in [1.165, 1.54) is 13.8 Å². The third-order valence-corrected chi connectivity index (χ3v) is 4.37. The second kappa shape index (κ2) is 10.9. The third kappa shape index (κ3) is 7.10. The number of carbonyl (C=O) groups excluding carboxylic acids is 3. The summed E-state index contributed by atoms with van der Waals surface area (Å²) in [7, 11) is 0. The number of hydrogen-bond donors (Lipinski definition) is 3. The van der Waals surface area contributed by atoms with Crippen molar-refractivity contribution in [3.8, 4) is 0 Å². The Morgan fingerprint density at radius 2 is 1.53 bits per heavy atom. The molecule has 0 aliphatic rings. The smallest absolute Gasteiger partial charge is 0.251 e. The zero-order valence-corrected chi connectivity index (χ0v) is 17.9. The van der Waals surface area contributed by atoms with E-state index >= 15 is 0 Å². The Kier molecular flexibility index (Phi) is 7.77. The van der Waals surface area contributed by atoms with Crippen LogP contribution in [0.15, 0.2) is 65.3 Å². The molecule has 0 atom stereocenters. The van der Waals surface area contributed by atoms with Crippen molar-refractivity contribution in [2.24, 2.45) is 0 Å². The van der Waals surface area contributed by atoms with Crippen LogP contribution in [0.25, 0.3) is 0 Å². The van der Waals surface area contributed by atoms with Crippen LogP contribution in [0.4, 0.5) is 11.4 Å². The van der Waals surface area contributed by atoms with Crippen molar-refractivity contribution >= 4 is 29.1 Å². The predicted octanol–water partition coefficient (Wildman–Crippen LogP) is 3.84. The number of hydrogen-bond acceptors (Lipinski definition) is 5. The van der Waals surface area contributed by atoms with Crippen molar-refractivity contribution in [3.05, 3.63) is 83.3 Å². The molecule has 0 saturated carbocycles. The summed E-state index contributed by atoms with van der Waals surface area (Å²) in [6.07, 6.45) is 1.60. The molecule has 1 aromatic heterocycles. The second-order valence-electron chi connectivity index (χ2n) is 7.24. The zero-order valence-electron chi connectivity index (χ0n) is 17.9. The van der Waals surface area contributed by atoms with E-state index in [2.05, 4.69) is 16.0 Å². The highest BCUT2D eigenvalue weighted by atomic mass is 16.5. The normalized spacial score (nSPS) is 10.4. The molecule has 2 aromatic carbocycles. The average molecular weight is 435 g/mol. The fraction of sp³-hybridized carbons (Fsp3) is 0.208. The Bertz CT molecular complexity index is 1060. The van der Waals surface area contributed by atoms with Gasteiger partial charge in [0.25, 0.3) is 5.91 Å². The lowest BCUT2D eigenvalue weighted by Gasteiger charge is -2.12. The molecule has 3 aromatic rings. The topological polar surface area (TPSA) is 110 Å². The fourth-order valence-electron chi connectivity index (χ4n) is 3.09. The number of ether oxygens (including phenoxy) is 1. The van der Waals surface area contributed by atoms with Crippen LogP contribution < -0.4 is 16.0 Å². The minimum atomic E-state index is -0.330. The van der Waals surface area contributed by atoms with Gasteiger partial charge in [-0.3, -0.25) is 14.4 Å². The number of anilines is 2. The monoisotopic (exact) mass is 435 g/mol. The first kappa shape index (κ1) is 22.8. The van der Waals surface area contributed by atoms with Crippen molar-refractivity contribution < 1.29 is 23.5 Å². The van der Waals surface area contributed by atoms with E-state index < -0.39 is 0 Å². The maximum atomic E-state index is 12.7. The van der Waals surface area contributed by atoms with Crippen LogP contribution >= 0.6 is 0 Å². The molecule has 8 heteroatoms. The highest BCUT2D eigenvalue weighted by Gasteiger charge is 2.11.